The number of hydrogen-bond acceptors (Lipinski definition) is 4. The van der Waals surface area contributed by atoms with Gasteiger partial charge in [0.2, 0.25) is 0 Å². The predicted octanol–water partition coefficient (Wildman–Crippen LogP) is 3.78. The van der Waals surface area contributed by atoms with Crippen molar-refractivity contribution in [2.24, 2.45) is 0 Å². The highest BCUT2D eigenvalue weighted by Crippen LogP contribution is 2.24. The Morgan fingerprint density at radius 2 is 1.83 bits per heavy atom. The van der Waals surface area contributed by atoms with Gasteiger partial charge in [0.05, 0.1) is 12.7 Å². The number of benzene rings is 2. The van der Waals surface area contributed by atoms with E-state index in [-0.39, 0.29) is 5.91 Å². The van der Waals surface area contributed by atoms with Crippen LogP contribution in [0.1, 0.15) is 10.4 Å². The molecule has 1 aromatic heterocycles. The number of nitrogens with zero attached hydrogens (tertiary/aromatic N) is 4. The Bertz CT molecular complexity index is 997. The fourth-order valence-corrected chi connectivity index (χ4v) is 4.14. The monoisotopic (exact) mass is 468 g/mol. The summed E-state index contributed by atoms with van der Waals surface area (Å²) >= 11 is 3.49. The molecule has 0 N–H and O–H groups in total. The molecular formula is C23H25BrN4O2. The second kappa shape index (κ2) is 9.45. The van der Waals surface area contributed by atoms with Crippen molar-refractivity contribution in [3.8, 4) is 17.1 Å². The van der Waals surface area contributed by atoms with Crippen LogP contribution in [0.3, 0.4) is 0 Å². The Balaban J connectivity index is 1.33. The number of hydrogen-bond donors (Lipinski definition) is 0. The quantitative estimate of drug-likeness (QED) is 0.552. The van der Waals surface area contributed by atoms with Crippen molar-refractivity contribution < 1.29 is 9.53 Å². The summed E-state index contributed by atoms with van der Waals surface area (Å²) in [5, 5.41) is 0. The van der Waals surface area contributed by atoms with Gasteiger partial charge < -0.3 is 14.2 Å². The van der Waals surface area contributed by atoms with Crippen LogP contribution < -0.4 is 4.74 Å². The van der Waals surface area contributed by atoms with Gasteiger partial charge in [-0.15, -0.1) is 0 Å². The predicted molar refractivity (Wildman–Crippen MR) is 121 cm³/mol. The van der Waals surface area contributed by atoms with Gasteiger partial charge in [-0.1, -0.05) is 30.3 Å². The molecule has 2 aromatic carbocycles. The van der Waals surface area contributed by atoms with Crippen LogP contribution in [0, 0.1) is 0 Å². The second-order valence-electron chi connectivity index (χ2n) is 7.29. The molecular weight excluding hydrogens is 444 g/mol. The highest BCUT2D eigenvalue weighted by atomic mass is 79.9. The summed E-state index contributed by atoms with van der Waals surface area (Å²) in [5.74, 6) is 1.73. The van der Waals surface area contributed by atoms with E-state index in [4.69, 9.17) is 4.74 Å². The fourth-order valence-electron chi connectivity index (χ4n) is 3.73. The molecule has 0 bridgehead atoms. The van der Waals surface area contributed by atoms with Gasteiger partial charge in [-0.2, -0.15) is 0 Å². The van der Waals surface area contributed by atoms with Crippen LogP contribution in [0.5, 0.6) is 5.75 Å². The third-order valence-electron chi connectivity index (χ3n) is 5.47. The molecule has 0 radical (unpaired) electrons. The van der Waals surface area contributed by atoms with Gasteiger partial charge in [0, 0.05) is 61.7 Å². The maximum atomic E-state index is 13.0. The molecule has 3 aromatic rings. The highest BCUT2D eigenvalue weighted by molar-refractivity contribution is 9.10. The maximum Gasteiger partial charge on any atom is 0.255 e. The van der Waals surface area contributed by atoms with E-state index in [2.05, 4.69) is 42.5 Å². The summed E-state index contributed by atoms with van der Waals surface area (Å²) in [6, 6.07) is 15.7. The summed E-state index contributed by atoms with van der Waals surface area (Å²) in [6.07, 6.45) is 3.88. The van der Waals surface area contributed by atoms with E-state index >= 15 is 0 Å². The molecule has 4 rings (SSSR count). The average molecular weight is 469 g/mol. The molecule has 0 saturated carbocycles. The standard InChI is InChI=1S/C23H25BrN4O2/c1-30-19-7-8-21(24)20(17-19)23(29)28-15-12-26(13-16-28)11-14-27-10-9-25-22(27)18-5-3-2-4-6-18/h2-10,17H,11-16H2,1H3. The van der Waals surface area contributed by atoms with Gasteiger partial charge in [-0.25, -0.2) is 4.98 Å². The molecule has 156 valence electrons. The first-order valence-corrected chi connectivity index (χ1v) is 10.9. The summed E-state index contributed by atoms with van der Waals surface area (Å²) in [6.45, 7) is 4.97. The van der Waals surface area contributed by atoms with Crippen LogP contribution in [-0.4, -0.2) is 65.1 Å². The number of carbonyl (C=O) groups is 1. The van der Waals surface area contributed by atoms with Crippen LogP contribution in [-0.2, 0) is 6.54 Å². The van der Waals surface area contributed by atoms with E-state index in [0.29, 0.717) is 11.3 Å². The van der Waals surface area contributed by atoms with Gasteiger partial charge in [0.1, 0.15) is 11.6 Å². The van der Waals surface area contributed by atoms with Crippen molar-refractivity contribution in [3.63, 3.8) is 0 Å². The van der Waals surface area contributed by atoms with Crippen LogP contribution >= 0.6 is 15.9 Å². The van der Waals surface area contributed by atoms with Crippen LogP contribution in [0.2, 0.25) is 0 Å². The Kier molecular flexibility index (Phi) is 6.50. The normalized spacial score (nSPS) is 14.7. The first kappa shape index (κ1) is 20.6. The zero-order valence-electron chi connectivity index (χ0n) is 17.0. The van der Waals surface area contributed by atoms with Crippen molar-refractivity contribution >= 4 is 21.8 Å². The number of aromatic nitrogens is 2. The fraction of sp³-hybridized carbons (Fsp3) is 0.304. The molecule has 0 spiro atoms. The van der Waals surface area contributed by atoms with Crippen LogP contribution in [0.4, 0.5) is 0 Å². The minimum atomic E-state index is 0.0430. The SMILES string of the molecule is COc1ccc(Br)c(C(=O)N2CCN(CCn3ccnc3-c3ccccc3)CC2)c1. The molecule has 2 heterocycles. The first-order valence-electron chi connectivity index (χ1n) is 10.1. The summed E-state index contributed by atoms with van der Waals surface area (Å²) in [5.41, 5.74) is 1.77. The number of methoxy groups -OCH3 is 1. The number of halogens is 1. The third kappa shape index (κ3) is 4.57. The van der Waals surface area contributed by atoms with Crippen LogP contribution in [0.25, 0.3) is 11.4 Å². The number of piperazine rings is 1. The molecule has 6 nitrogen and oxygen atoms in total. The van der Waals surface area contributed by atoms with Crippen molar-refractivity contribution in [1.82, 2.24) is 19.4 Å². The number of rotatable bonds is 6. The molecule has 1 fully saturated rings. The average Bonchev–Trinajstić information content (AvgIpc) is 3.27. The smallest absolute Gasteiger partial charge is 0.255 e. The zero-order chi connectivity index (χ0) is 20.9. The Labute approximate surface area is 185 Å². The first-order chi connectivity index (χ1) is 14.7. The Hall–Kier alpha value is -2.64. The lowest BCUT2D eigenvalue weighted by Crippen LogP contribution is -2.49. The summed E-state index contributed by atoms with van der Waals surface area (Å²) in [4.78, 5) is 21.8. The third-order valence-corrected chi connectivity index (χ3v) is 6.16. The van der Waals surface area contributed by atoms with Crippen molar-refractivity contribution in [3.05, 3.63) is 71.0 Å². The topological polar surface area (TPSA) is 50.6 Å². The van der Waals surface area contributed by atoms with Crippen molar-refractivity contribution in [1.29, 1.82) is 0 Å². The highest BCUT2D eigenvalue weighted by Gasteiger charge is 2.24. The van der Waals surface area contributed by atoms with Crippen molar-refractivity contribution in [2.45, 2.75) is 6.54 Å². The van der Waals surface area contributed by atoms with E-state index in [1.54, 1.807) is 13.2 Å². The largest absolute Gasteiger partial charge is 0.497 e. The molecule has 30 heavy (non-hydrogen) atoms. The lowest BCUT2D eigenvalue weighted by molar-refractivity contribution is 0.0632. The van der Waals surface area contributed by atoms with Gasteiger partial charge in [-0.05, 0) is 34.1 Å². The van der Waals surface area contributed by atoms with Crippen molar-refractivity contribution in [2.75, 3.05) is 39.8 Å². The second-order valence-corrected chi connectivity index (χ2v) is 8.14. The minimum absolute atomic E-state index is 0.0430. The molecule has 0 unspecified atom stereocenters. The molecule has 0 atom stereocenters. The number of ether oxygens (including phenoxy) is 1. The van der Waals surface area contributed by atoms with Gasteiger partial charge in [0.25, 0.3) is 5.91 Å². The Morgan fingerprint density at radius 1 is 1.07 bits per heavy atom. The van der Waals surface area contributed by atoms with E-state index in [1.165, 1.54) is 0 Å². The van der Waals surface area contributed by atoms with Gasteiger partial charge in [-0.3, -0.25) is 9.69 Å². The van der Waals surface area contributed by atoms with E-state index in [9.17, 15) is 4.79 Å². The molecule has 1 saturated heterocycles. The maximum absolute atomic E-state index is 13.0. The Morgan fingerprint density at radius 3 is 2.57 bits per heavy atom. The van der Waals surface area contributed by atoms with Gasteiger partial charge >= 0.3 is 0 Å². The van der Waals surface area contributed by atoms with E-state index in [0.717, 1.165) is 55.1 Å². The number of imidazole rings is 1. The van der Waals surface area contributed by atoms with Crippen LogP contribution in [0.15, 0.2) is 65.4 Å². The zero-order valence-corrected chi connectivity index (χ0v) is 18.6. The molecule has 7 heteroatoms. The summed E-state index contributed by atoms with van der Waals surface area (Å²) < 4.78 is 8.26. The molecule has 0 aliphatic carbocycles. The number of amides is 1. The van der Waals surface area contributed by atoms with E-state index in [1.807, 2.05) is 47.6 Å². The van der Waals surface area contributed by atoms with Gasteiger partial charge in [0.15, 0.2) is 0 Å². The molecule has 1 amide bonds. The lowest BCUT2D eigenvalue weighted by Gasteiger charge is -2.35. The molecule has 1 aliphatic rings. The number of carbonyl (C=O) groups excluding carboxylic acids is 1. The minimum Gasteiger partial charge on any atom is -0.497 e. The summed E-state index contributed by atoms with van der Waals surface area (Å²) in [7, 11) is 1.61. The lowest BCUT2D eigenvalue weighted by atomic mass is 10.1. The van der Waals surface area contributed by atoms with E-state index < -0.39 is 0 Å². The molecule has 1 aliphatic heterocycles.